The van der Waals surface area contributed by atoms with Gasteiger partial charge < -0.3 is 19.7 Å². The lowest BCUT2D eigenvalue weighted by Gasteiger charge is -2.56. The van der Waals surface area contributed by atoms with Gasteiger partial charge in [0.05, 0.1) is 6.07 Å². The van der Waals surface area contributed by atoms with Crippen LogP contribution >= 0.6 is 0 Å². The lowest BCUT2D eigenvalue weighted by atomic mass is 9.52. The fraction of sp³-hybridized carbons (Fsp3) is 0.852. The molecule has 3 aliphatic carbocycles. The number of carbonyl (C=O) groups excluding carboxylic acids is 3. The number of carbonyl (C=O) groups is 3. The Hall–Kier alpha value is -2.51. The summed E-state index contributed by atoms with van der Waals surface area (Å²) >= 11 is 0. The zero-order valence-corrected chi connectivity index (χ0v) is 22.9. The van der Waals surface area contributed by atoms with E-state index >= 15 is 0 Å². The number of halogens is 3. The van der Waals surface area contributed by atoms with Gasteiger partial charge in [-0.1, -0.05) is 13.8 Å². The van der Waals surface area contributed by atoms with Crippen LogP contribution in [-0.4, -0.2) is 58.4 Å². The molecule has 0 aromatic rings. The molecule has 4 aliphatic rings. The van der Waals surface area contributed by atoms with Gasteiger partial charge in [0.15, 0.2) is 0 Å². The molecular formula is C27H38F3N3O5. The summed E-state index contributed by atoms with van der Waals surface area (Å²) in [4.78, 5) is 40.8. The summed E-state index contributed by atoms with van der Waals surface area (Å²) in [5, 5.41) is 12.6. The van der Waals surface area contributed by atoms with Crippen LogP contribution in [0.2, 0.25) is 0 Å². The maximum Gasteiger partial charge on any atom is 0.490 e. The number of nitriles is 1. The third kappa shape index (κ3) is 5.46. The van der Waals surface area contributed by atoms with Crippen molar-refractivity contribution in [3.8, 4) is 6.07 Å². The predicted octanol–water partition coefficient (Wildman–Crippen LogP) is 4.72. The van der Waals surface area contributed by atoms with Crippen molar-refractivity contribution in [1.29, 1.82) is 5.26 Å². The summed E-state index contributed by atoms with van der Waals surface area (Å²) in [5.74, 6) is -2.21. The number of hydrogen-bond acceptors (Lipinski definition) is 6. The molecule has 1 heterocycles. The van der Waals surface area contributed by atoms with Crippen molar-refractivity contribution in [3.05, 3.63) is 0 Å². The Morgan fingerprint density at radius 2 is 1.76 bits per heavy atom. The molecule has 1 N–H and O–H groups in total. The van der Waals surface area contributed by atoms with Gasteiger partial charge in [-0.2, -0.15) is 18.4 Å². The number of rotatable bonds is 4. The monoisotopic (exact) mass is 541 g/mol. The molecule has 3 saturated carbocycles. The van der Waals surface area contributed by atoms with Crippen molar-refractivity contribution in [2.24, 2.45) is 29.1 Å². The fourth-order valence-corrected chi connectivity index (χ4v) is 7.89. The minimum Gasteiger partial charge on any atom is -0.453 e. The number of esters is 1. The van der Waals surface area contributed by atoms with Crippen LogP contribution in [-0.2, 0) is 19.1 Å². The summed E-state index contributed by atoms with van der Waals surface area (Å²) in [5.41, 5.74) is -3.30. The van der Waals surface area contributed by atoms with Gasteiger partial charge in [-0.15, -0.1) is 0 Å². The van der Waals surface area contributed by atoms with Crippen LogP contribution in [0.1, 0.15) is 80.1 Å². The zero-order chi connectivity index (χ0) is 28.4. The molecule has 2 amide bonds. The van der Waals surface area contributed by atoms with Crippen LogP contribution in [0.5, 0.6) is 0 Å². The van der Waals surface area contributed by atoms with Crippen molar-refractivity contribution >= 4 is 18.0 Å². The maximum absolute atomic E-state index is 14.3. The molecule has 38 heavy (non-hydrogen) atoms. The molecule has 212 valence electrons. The highest BCUT2D eigenvalue weighted by Crippen LogP contribution is 2.59. The van der Waals surface area contributed by atoms with Gasteiger partial charge in [0.25, 0.3) is 0 Å². The fourth-order valence-electron chi connectivity index (χ4n) is 7.89. The second kappa shape index (κ2) is 9.30. The highest BCUT2D eigenvalue weighted by molar-refractivity contribution is 5.88. The number of nitrogens with one attached hydrogen (secondary N) is 1. The van der Waals surface area contributed by atoms with E-state index in [0.717, 1.165) is 0 Å². The Morgan fingerprint density at radius 1 is 1.11 bits per heavy atom. The first kappa shape index (κ1) is 28.5. The van der Waals surface area contributed by atoms with Crippen LogP contribution in [0.25, 0.3) is 0 Å². The molecule has 9 atom stereocenters. The number of hydrogen-bond donors (Lipinski definition) is 1. The molecular weight excluding hydrogens is 503 g/mol. The van der Waals surface area contributed by atoms with Crippen molar-refractivity contribution in [1.82, 2.24) is 10.2 Å². The number of alkyl halides is 3. The van der Waals surface area contributed by atoms with Crippen LogP contribution in [0.15, 0.2) is 0 Å². The quantitative estimate of drug-likeness (QED) is 0.516. The SMILES string of the molecule is CC1CC2CC(C)(OC(=O)C(F)(F)F)CC([C@H](NC(=O)OC(C)(C)C)C(=O)N3[C@H]4[C@@H](C)[C@H]4C[C@H]3C#N)(C1)C2. The number of piperidine rings is 1. The number of alkyl carbamates (subject to hydrolysis) is 1. The van der Waals surface area contributed by atoms with Crippen molar-refractivity contribution in [3.63, 3.8) is 0 Å². The summed E-state index contributed by atoms with van der Waals surface area (Å²) < 4.78 is 50.1. The first-order valence-electron chi connectivity index (χ1n) is 13.4. The van der Waals surface area contributed by atoms with E-state index < -0.39 is 52.8 Å². The van der Waals surface area contributed by atoms with Gasteiger partial charge in [-0.25, -0.2) is 9.59 Å². The van der Waals surface area contributed by atoms with Crippen molar-refractivity contribution in [2.75, 3.05) is 0 Å². The Balaban J connectivity index is 1.72. The first-order valence-corrected chi connectivity index (χ1v) is 13.4. The molecule has 11 heteroatoms. The predicted molar refractivity (Wildman–Crippen MR) is 129 cm³/mol. The third-order valence-electron chi connectivity index (χ3n) is 8.79. The maximum atomic E-state index is 14.3. The number of amides is 2. The molecule has 4 fully saturated rings. The Kier molecular flexibility index (Phi) is 6.98. The van der Waals surface area contributed by atoms with Gasteiger partial charge in [0.1, 0.15) is 23.3 Å². The average molecular weight is 542 g/mol. The number of fused-ring (bicyclic) bond motifs is 3. The Labute approximate surface area is 221 Å². The summed E-state index contributed by atoms with van der Waals surface area (Å²) in [6.07, 6.45) is -3.55. The van der Waals surface area contributed by atoms with Crippen LogP contribution in [0.4, 0.5) is 18.0 Å². The average Bonchev–Trinajstić information content (AvgIpc) is 3.18. The summed E-state index contributed by atoms with van der Waals surface area (Å²) in [7, 11) is 0. The van der Waals surface area contributed by atoms with E-state index in [9.17, 15) is 32.8 Å². The normalized spacial score (nSPS) is 38.9. The zero-order valence-electron chi connectivity index (χ0n) is 22.9. The van der Waals surface area contributed by atoms with Gasteiger partial charge in [-0.3, -0.25) is 4.79 Å². The number of likely N-dealkylation sites (tertiary alicyclic amines) is 1. The van der Waals surface area contributed by atoms with Gasteiger partial charge in [0.2, 0.25) is 5.91 Å². The highest BCUT2D eigenvalue weighted by atomic mass is 19.4. The van der Waals surface area contributed by atoms with E-state index in [1.54, 1.807) is 25.7 Å². The molecule has 4 unspecified atom stereocenters. The second-order valence-corrected chi connectivity index (χ2v) is 13.4. The molecule has 2 bridgehead atoms. The molecule has 0 aromatic carbocycles. The molecule has 8 nitrogen and oxygen atoms in total. The number of nitrogens with zero attached hydrogens (tertiary/aromatic N) is 2. The smallest absolute Gasteiger partial charge is 0.453 e. The molecule has 1 aliphatic heterocycles. The lowest BCUT2D eigenvalue weighted by Crippen LogP contribution is -2.64. The van der Waals surface area contributed by atoms with Crippen LogP contribution in [0, 0.1) is 40.4 Å². The van der Waals surface area contributed by atoms with Gasteiger partial charge >= 0.3 is 18.2 Å². The lowest BCUT2D eigenvalue weighted by molar-refractivity contribution is -0.223. The van der Waals surface area contributed by atoms with E-state index in [1.807, 2.05) is 13.8 Å². The minimum atomic E-state index is -5.15. The van der Waals surface area contributed by atoms with E-state index in [2.05, 4.69) is 11.4 Å². The van der Waals surface area contributed by atoms with Crippen LogP contribution in [0.3, 0.4) is 0 Å². The standard InChI is InChI=1S/C27H38F3N3O5/c1-14-7-16-10-25(6,37-22(35)27(28,29)30)13-26(9-14,11-16)20(32-23(36)38-24(3,4)5)21(34)33-17(12-31)8-18-15(2)19(18)33/h14-20H,7-11,13H2,1-6H3,(H,32,36)/t14?,15-,16?,17-,18+,19-,20+,25?,26?/m0/s1. The Bertz CT molecular complexity index is 1030. The highest BCUT2D eigenvalue weighted by Gasteiger charge is 2.64. The van der Waals surface area contributed by atoms with Crippen molar-refractivity contribution in [2.45, 2.75) is 116 Å². The number of ether oxygens (including phenoxy) is 2. The van der Waals surface area contributed by atoms with Gasteiger partial charge in [0, 0.05) is 11.5 Å². The molecule has 0 spiro atoms. The summed E-state index contributed by atoms with van der Waals surface area (Å²) in [6, 6.07) is 0.323. The molecule has 1 saturated heterocycles. The largest absolute Gasteiger partial charge is 0.490 e. The van der Waals surface area contributed by atoms with E-state index in [4.69, 9.17) is 9.47 Å². The first-order chi connectivity index (χ1) is 17.4. The molecule has 0 aromatic heterocycles. The van der Waals surface area contributed by atoms with Crippen molar-refractivity contribution < 1.29 is 37.0 Å². The van der Waals surface area contributed by atoms with E-state index in [0.29, 0.717) is 25.7 Å². The molecule has 4 rings (SSSR count). The minimum absolute atomic E-state index is 0.0242. The van der Waals surface area contributed by atoms with E-state index in [-0.39, 0.29) is 42.6 Å². The summed E-state index contributed by atoms with van der Waals surface area (Å²) in [6.45, 7) is 10.6. The van der Waals surface area contributed by atoms with Gasteiger partial charge in [-0.05, 0) is 89.9 Å². The third-order valence-corrected chi connectivity index (χ3v) is 8.79. The van der Waals surface area contributed by atoms with Crippen LogP contribution < -0.4 is 5.32 Å². The topological polar surface area (TPSA) is 109 Å². The molecule has 0 radical (unpaired) electrons. The van der Waals surface area contributed by atoms with E-state index in [1.165, 1.54) is 6.92 Å². The Morgan fingerprint density at radius 3 is 2.34 bits per heavy atom. The second-order valence-electron chi connectivity index (χ2n) is 13.4.